The van der Waals surface area contributed by atoms with Gasteiger partial charge in [0.25, 0.3) is 0 Å². The highest BCUT2D eigenvalue weighted by atomic mass is 16.3. The highest BCUT2D eigenvalue weighted by Gasteiger charge is 2.49. The van der Waals surface area contributed by atoms with Crippen LogP contribution in [0.1, 0.15) is 43.2 Å². The lowest BCUT2D eigenvalue weighted by Gasteiger charge is -2.57. The Bertz CT molecular complexity index is 934. The number of nitriles is 1. The Labute approximate surface area is 178 Å². The van der Waals surface area contributed by atoms with E-state index in [1.54, 1.807) is 0 Å². The first-order valence-corrected chi connectivity index (χ1v) is 10.9. The average Bonchev–Trinajstić information content (AvgIpc) is 2.78. The van der Waals surface area contributed by atoms with Crippen LogP contribution in [0.2, 0.25) is 0 Å². The highest BCUT2D eigenvalue weighted by molar-refractivity contribution is 5.76. The number of aliphatic hydroxyl groups excluding tert-OH is 1. The van der Waals surface area contributed by atoms with Gasteiger partial charge in [0.1, 0.15) is 0 Å². The molecule has 2 aliphatic heterocycles. The van der Waals surface area contributed by atoms with Crippen LogP contribution in [-0.4, -0.2) is 59.1 Å². The molecule has 2 aromatic rings. The van der Waals surface area contributed by atoms with E-state index in [-0.39, 0.29) is 30.5 Å². The third kappa shape index (κ3) is 3.86. The zero-order valence-electron chi connectivity index (χ0n) is 17.5. The lowest BCUT2D eigenvalue weighted by molar-refractivity contribution is -0.136. The van der Waals surface area contributed by atoms with E-state index in [2.05, 4.69) is 35.2 Å². The fourth-order valence-electron chi connectivity index (χ4n) is 5.06. The number of aliphatic hydroxyl groups is 1. The standard InChI is InChI=1S/C25H29N3O2/c1-2-24(30)27-12-3-4-13-28-22(16-27)25(23(28)17-29)20-10-8-19(9-11-20)21-7-5-6-18(14-21)15-26/h5-11,14,22-23,25,29H,2-4,12-13,16-17H2,1H3/t22-,23+,25-/m0/s1. The second kappa shape index (κ2) is 8.99. The molecule has 30 heavy (non-hydrogen) atoms. The van der Waals surface area contributed by atoms with Crippen molar-refractivity contribution in [1.29, 1.82) is 5.26 Å². The van der Waals surface area contributed by atoms with Crippen molar-refractivity contribution in [3.8, 4) is 17.2 Å². The maximum atomic E-state index is 12.4. The van der Waals surface area contributed by atoms with Crippen LogP contribution in [0, 0.1) is 11.3 Å². The summed E-state index contributed by atoms with van der Waals surface area (Å²) in [6.45, 7) is 4.61. The van der Waals surface area contributed by atoms with E-state index in [1.165, 1.54) is 5.56 Å². The first-order valence-electron chi connectivity index (χ1n) is 10.9. The van der Waals surface area contributed by atoms with Gasteiger partial charge in [0.15, 0.2) is 0 Å². The maximum Gasteiger partial charge on any atom is 0.222 e. The lowest BCUT2D eigenvalue weighted by Crippen LogP contribution is -2.67. The molecule has 2 aromatic carbocycles. The van der Waals surface area contributed by atoms with Gasteiger partial charge < -0.3 is 10.0 Å². The summed E-state index contributed by atoms with van der Waals surface area (Å²) in [5.41, 5.74) is 3.97. The molecule has 0 radical (unpaired) electrons. The zero-order valence-corrected chi connectivity index (χ0v) is 17.5. The summed E-state index contributed by atoms with van der Waals surface area (Å²) >= 11 is 0. The molecule has 5 heteroatoms. The molecule has 2 aliphatic rings. The minimum Gasteiger partial charge on any atom is -0.395 e. The van der Waals surface area contributed by atoms with Crippen molar-refractivity contribution in [2.45, 2.75) is 44.2 Å². The van der Waals surface area contributed by atoms with E-state index < -0.39 is 0 Å². The molecule has 0 aromatic heterocycles. The molecule has 1 amide bonds. The van der Waals surface area contributed by atoms with E-state index in [1.807, 2.05) is 36.1 Å². The zero-order chi connectivity index (χ0) is 21.1. The van der Waals surface area contributed by atoms with Gasteiger partial charge >= 0.3 is 0 Å². The molecule has 0 unspecified atom stereocenters. The maximum absolute atomic E-state index is 12.4. The van der Waals surface area contributed by atoms with Crippen molar-refractivity contribution in [3.63, 3.8) is 0 Å². The molecule has 2 heterocycles. The molecule has 0 bridgehead atoms. The SMILES string of the molecule is CCC(=O)N1CCCCN2[C@H](CO)[C@@H](c3ccc(-c4cccc(C#N)c4)cc3)[C@@H]2C1. The molecular weight excluding hydrogens is 374 g/mol. The normalized spacial score (nSPS) is 24.2. The molecule has 0 aliphatic carbocycles. The summed E-state index contributed by atoms with van der Waals surface area (Å²) in [4.78, 5) is 16.8. The first kappa shape index (κ1) is 20.6. The van der Waals surface area contributed by atoms with E-state index >= 15 is 0 Å². The van der Waals surface area contributed by atoms with Crippen LogP contribution in [0.5, 0.6) is 0 Å². The number of carbonyl (C=O) groups excluding carboxylic acids is 1. The quantitative estimate of drug-likeness (QED) is 0.850. The fourth-order valence-corrected chi connectivity index (χ4v) is 5.06. The van der Waals surface area contributed by atoms with Crippen molar-refractivity contribution in [1.82, 2.24) is 9.80 Å². The van der Waals surface area contributed by atoms with Crippen LogP contribution >= 0.6 is 0 Å². The molecule has 1 N–H and O–H groups in total. The Hall–Kier alpha value is -2.68. The summed E-state index contributed by atoms with van der Waals surface area (Å²) < 4.78 is 0. The van der Waals surface area contributed by atoms with Gasteiger partial charge in [0.05, 0.1) is 18.2 Å². The van der Waals surface area contributed by atoms with Crippen LogP contribution in [0.25, 0.3) is 11.1 Å². The van der Waals surface area contributed by atoms with E-state index in [0.29, 0.717) is 12.0 Å². The van der Waals surface area contributed by atoms with Crippen molar-refractivity contribution >= 4 is 5.91 Å². The predicted octanol–water partition coefficient (Wildman–Crippen LogP) is 3.39. The second-order valence-electron chi connectivity index (χ2n) is 8.30. The summed E-state index contributed by atoms with van der Waals surface area (Å²) in [6.07, 6.45) is 2.62. The van der Waals surface area contributed by atoms with Gasteiger partial charge in [-0.2, -0.15) is 5.26 Å². The van der Waals surface area contributed by atoms with Crippen LogP contribution in [0.3, 0.4) is 0 Å². The summed E-state index contributed by atoms with van der Waals surface area (Å²) in [5, 5.41) is 19.2. The summed E-state index contributed by atoms with van der Waals surface area (Å²) in [5.74, 6) is 0.440. The Morgan fingerprint density at radius 2 is 1.90 bits per heavy atom. The molecule has 2 fully saturated rings. The summed E-state index contributed by atoms with van der Waals surface area (Å²) in [7, 11) is 0. The monoisotopic (exact) mass is 403 g/mol. The number of hydrogen-bond acceptors (Lipinski definition) is 4. The molecular formula is C25H29N3O2. The first-order chi connectivity index (χ1) is 14.7. The number of amides is 1. The van der Waals surface area contributed by atoms with E-state index in [0.717, 1.165) is 43.6 Å². The van der Waals surface area contributed by atoms with Gasteiger partial charge in [-0.3, -0.25) is 9.69 Å². The molecule has 156 valence electrons. The van der Waals surface area contributed by atoms with Gasteiger partial charge in [-0.1, -0.05) is 43.3 Å². The Balaban J connectivity index is 1.58. The van der Waals surface area contributed by atoms with Crippen molar-refractivity contribution in [3.05, 3.63) is 59.7 Å². The number of hydrogen-bond donors (Lipinski definition) is 1. The minimum absolute atomic E-state index is 0.111. The fraction of sp³-hybridized carbons (Fsp3) is 0.440. The second-order valence-corrected chi connectivity index (χ2v) is 8.30. The summed E-state index contributed by atoms with van der Waals surface area (Å²) in [6, 6.07) is 18.7. The van der Waals surface area contributed by atoms with E-state index in [9.17, 15) is 9.90 Å². The third-order valence-corrected chi connectivity index (χ3v) is 6.65. The van der Waals surface area contributed by atoms with Crippen molar-refractivity contribution in [2.75, 3.05) is 26.2 Å². The largest absolute Gasteiger partial charge is 0.395 e. The Morgan fingerprint density at radius 1 is 1.13 bits per heavy atom. The molecule has 3 atom stereocenters. The van der Waals surface area contributed by atoms with Crippen LogP contribution in [-0.2, 0) is 4.79 Å². The van der Waals surface area contributed by atoms with Gasteiger partial charge in [-0.15, -0.1) is 0 Å². The van der Waals surface area contributed by atoms with Crippen molar-refractivity contribution in [2.24, 2.45) is 0 Å². The minimum atomic E-state index is 0.111. The molecule has 5 nitrogen and oxygen atoms in total. The number of rotatable bonds is 4. The molecule has 0 spiro atoms. The van der Waals surface area contributed by atoms with E-state index in [4.69, 9.17) is 5.26 Å². The van der Waals surface area contributed by atoms with Crippen LogP contribution < -0.4 is 0 Å². The van der Waals surface area contributed by atoms with Crippen LogP contribution in [0.4, 0.5) is 0 Å². The third-order valence-electron chi connectivity index (χ3n) is 6.65. The van der Waals surface area contributed by atoms with Gasteiger partial charge in [0, 0.05) is 37.5 Å². The van der Waals surface area contributed by atoms with Crippen molar-refractivity contribution < 1.29 is 9.90 Å². The molecule has 2 saturated heterocycles. The Morgan fingerprint density at radius 3 is 2.60 bits per heavy atom. The van der Waals surface area contributed by atoms with Gasteiger partial charge in [-0.05, 0) is 48.2 Å². The number of carbonyl (C=O) groups is 1. The molecule has 4 rings (SSSR count). The number of fused-ring (bicyclic) bond motifs is 1. The highest BCUT2D eigenvalue weighted by Crippen LogP contribution is 2.42. The van der Waals surface area contributed by atoms with Crippen LogP contribution in [0.15, 0.2) is 48.5 Å². The topological polar surface area (TPSA) is 67.6 Å². The number of nitrogens with zero attached hydrogens (tertiary/aromatic N) is 3. The Kier molecular flexibility index (Phi) is 6.17. The van der Waals surface area contributed by atoms with Gasteiger partial charge in [0.2, 0.25) is 5.91 Å². The smallest absolute Gasteiger partial charge is 0.222 e. The average molecular weight is 404 g/mol. The predicted molar refractivity (Wildman–Crippen MR) is 117 cm³/mol. The molecule has 0 saturated carbocycles. The van der Waals surface area contributed by atoms with Gasteiger partial charge in [-0.25, -0.2) is 0 Å². The number of benzene rings is 2. The lowest BCUT2D eigenvalue weighted by atomic mass is 9.74.